The molecule has 0 spiro atoms. The van der Waals surface area contributed by atoms with Crippen LogP contribution in [-0.2, 0) is 13.0 Å². The highest BCUT2D eigenvalue weighted by molar-refractivity contribution is 7.18. The topological polar surface area (TPSA) is 87.1 Å². The van der Waals surface area contributed by atoms with Crippen LogP contribution in [-0.4, -0.2) is 14.1 Å². The number of aryl methyl sites for hydroxylation is 3. The normalized spacial score (nSPS) is 11.2. The predicted molar refractivity (Wildman–Crippen MR) is 123 cm³/mol. The Morgan fingerprint density at radius 1 is 0.968 bits per heavy atom. The summed E-state index contributed by atoms with van der Waals surface area (Å²) >= 11 is 1.41. The van der Waals surface area contributed by atoms with Gasteiger partial charge in [0, 0.05) is 17.0 Å². The van der Waals surface area contributed by atoms with Crippen molar-refractivity contribution in [3.8, 4) is 5.69 Å². The smallest absolute Gasteiger partial charge is 0.280 e. The zero-order chi connectivity index (χ0) is 22.3. The van der Waals surface area contributed by atoms with Crippen molar-refractivity contribution in [2.45, 2.75) is 33.7 Å². The van der Waals surface area contributed by atoms with Gasteiger partial charge in [0.2, 0.25) is 0 Å². The number of benzene rings is 2. The van der Waals surface area contributed by atoms with E-state index in [0.29, 0.717) is 15.9 Å². The number of nitro groups is 1. The molecule has 0 radical (unpaired) electrons. The van der Waals surface area contributed by atoms with Crippen molar-refractivity contribution in [3.63, 3.8) is 0 Å². The largest absolute Gasteiger partial charge is 0.337 e. The van der Waals surface area contributed by atoms with Gasteiger partial charge in [-0.1, -0.05) is 31.2 Å². The Hall–Kier alpha value is -3.52. The van der Waals surface area contributed by atoms with Crippen LogP contribution in [0.2, 0.25) is 0 Å². The van der Waals surface area contributed by atoms with Crippen molar-refractivity contribution in [1.82, 2.24) is 9.13 Å². The SMILES string of the molecule is CCc1ccc(-n2c(=O)c3c(C)c(C)sc3n(Cc3ccc([N+](=O)[O-])cc3)c2=O)cc1. The molecule has 2 aromatic carbocycles. The fourth-order valence-electron chi connectivity index (χ4n) is 3.61. The number of non-ortho nitro benzene ring substituents is 1. The monoisotopic (exact) mass is 435 g/mol. The molecule has 158 valence electrons. The minimum Gasteiger partial charge on any atom is -0.280 e. The molecular formula is C23H21N3O4S. The fraction of sp³-hybridized carbons (Fsp3) is 0.217. The van der Waals surface area contributed by atoms with Crippen molar-refractivity contribution in [2.24, 2.45) is 0 Å². The van der Waals surface area contributed by atoms with Gasteiger partial charge < -0.3 is 0 Å². The van der Waals surface area contributed by atoms with Gasteiger partial charge in [-0.15, -0.1) is 11.3 Å². The van der Waals surface area contributed by atoms with E-state index in [2.05, 4.69) is 0 Å². The quantitative estimate of drug-likeness (QED) is 0.344. The van der Waals surface area contributed by atoms with Gasteiger partial charge in [-0.05, 0) is 49.1 Å². The molecule has 8 heteroatoms. The van der Waals surface area contributed by atoms with Crippen molar-refractivity contribution in [3.05, 3.63) is 101 Å². The number of fused-ring (bicyclic) bond motifs is 1. The van der Waals surface area contributed by atoms with Crippen LogP contribution < -0.4 is 11.2 Å². The first-order valence-electron chi connectivity index (χ1n) is 9.90. The molecule has 0 bridgehead atoms. The molecule has 0 fully saturated rings. The van der Waals surface area contributed by atoms with Gasteiger partial charge in [0.15, 0.2) is 0 Å². The maximum atomic E-state index is 13.5. The third-order valence-corrected chi connectivity index (χ3v) is 6.77. The summed E-state index contributed by atoms with van der Waals surface area (Å²) in [7, 11) is 0. The van der Waals surface area contributed by atoms with Gasteiger partial charge in [-0.2, -0.15) is 0 Å². The van der Waals surface area contributed by atoms with Crippen LogP contribution >= 0.6 is 11.3 Å². The van der Waals surface area contributed by atoms with E-state index in [0.717, 1.165) is 28.0 Å². The van der Waals surface area contributed by atoms with Gasteiger partial charge in [0.1, 0.15) is 4.83 Å². The third kappa shape index (κ3) is 3.59. The van der Waals surface area contributed by atoms with Crippen LogP contribution in [0.4, 0.5) is 5.69 Å². The van der Waals surface area contributed by atoms with E-state index in [1.54, 1.807) is 28.8 Å². The molecule has 0 aliphatic heterocycles. The molecule has 31 heavy (non-hydrogen) atoms. The van der Waals surface area contributed by atoms with Crippen molar-refractivity contribution >= 4 is 27.2 Å². The van der Waals surface area contributed by atoms with Gasteiger partial charge in [0.05, 0.1) is 22.5 Å². The van der Waals surface area contributed by atoms with Crippen molar-refractivity contribution < 1.29 is 4.92 Å². The lowest BCUT2D eigenvalue weighted by molar-refractivity contribution is -0.384. The minimum atomic E-state index is -0.458. The van der Waals surface area contributed by atoms with Crippen LogP contribution in [0.25, 0.3) is 15.9 Å². The zero-order valence-electron chi connectivity index (χ0n) is 17.4. The molecule has 4 aromatic rings. The molecular weight excluding hydrogens is 414 g/mol. The Bertz CT molecular complexity index is 1410. The molecule has 2 aromatic heterocycles. The average molecular weight is 436 g/mol. The average Bonchev–Trinajstić information content (AvgIpc) is 3.06. The summed E-state index contributed by atoms with van der Waals surface area (Å²) in [6.45, 7) is 6.07. The fourth-order valence-corrected chi connectivity index (χ4v) is 4.75. The van der Waals surface area contributed by atoms with E-state index in [-0.39, 0.29) is 17.8 Å². The van der Waals surface area contributed by atoms with E-state index in [1.807, 2.05) is 32.9 Å². The standard InChI is InChI=1S/C23H21N3O4S/c1-4-16-5-9-18(10-6-16)25-21(27)20-14(2)15(3)31-22(20)24(23(25)28)13-17-7-11-19(12-8-17)26(29)30/h5-12H,4,13H2,1-3H3. The summed E-state index contributed by atoms with van der Waals surface area (Å²) < 4.78 is 2.79. The van der Waals surface area contributed by atoms with Gasteiger partial charge in [0.25, 0.3) is 11.2 Å². The second-order valence-corrected chi connectivity index (χ2v) is 8.62. The van der Waals surface area contributed by atoms with Gasteiger partial charge in [-0.3, -0.25) is 19.5 Å². The molecule has 0 atom stereocenters. The Kier molecular flexibility index (Phi) is 5.32. The highest BCUT2D eigenvalue weighted by Gasteiger charge is 2.20. The van der Waals surface area contributed by atoms with E-state index in [4.69, 9.17) is 0 Å². The van der Waals surface area contributed by atoms with E-state index < -0.39 is 10.6 Å². The summed E-state index contributed by atoms with van der Waals surface area (Å²) in [6, 6.07) is 13.5. The molecule has 0 N–H and O–H groups in total. The van der Waals surface area contributed by atoms with Crippen LogP contribution in [0, 0.1) is 24.0 Å². The molecule has 4 rings (SSSR count). The first-order valence-corrected chi connectivity index (χ1v) is 10.7. The maximum absolute atomic E-state index is 13.5. The zero-order valence-corrected chi connectivity index (χ0v) is 18.2. The van der Waals surface area contributed by atoms with Crippen molar-refractivity contribution in [1.29, 1.82) is 0 Å². The Balaban J connectivity index is 1.95. The second kappa shape index (κ2) is 7.96. The lowest BCUT2D eigenvalue weighted by Crippen LogP contribution is -2.38. The molecule has 0 aliphatic rings. The first kappa shape index (κ1) is 20.7. The molecule has 0 aliphatic carbocycles. The van der Waals surface area contributed by atoms with Crippen LogP contribution in [0.1, 0.15) is 28.5 Å². The van der Waals surface area contributed by atoms with Crippen molar-refractivity contribution in [2.75, 3.05) is 0 Å². The maximum Gasteiger partial charge on any atom is 0.337 e. The Morgan fingerprint density at radius 2 is 1.58 bits per heavy atom. The van der Waals surface area contributed by atoms with Crippen LogP contribution in [0.5, 0.6) is 0 Å². The van der Waals surface area contributed by atoms with E-state index >= 15 is 0 Å². The number of rotatable bonds is 5. The molecule has 2 heterocycles. The van der Waals surface area contributed by atoms with E-state index in [9.17, 15) is 19.7 Å². The second-order valence-electron chi connectivity index (χ2n) is 7.42. The summed E-state index contributed by atoms with van der Waals surface area (Å²) in [5.74, 6) is 0. The molecule has 7 nitrogen and oxygen atoms in total. The summed E-state index contributed by atoms with van der Waals surface area (Å²) in [5.41, 5.74) is 2.48. The number of hydrogen-bond acceptors (Lipinski definition) is 5. The Labute approximate surface area is 182 Å². The summed E-state index contributed by atoms with van der Waals surface area (Å²) in [6.07, 6.45) is 0.863. The lowest BCUT2D eigenvalue weighted by atomic mass is 10.1. The summed E-state index contributed by atoms with van der Waals surface area (Å²) in [5, 5.41) is 11.5. The third-order valence-electron chi connectivity index (χ3n) is 5.54. The van der Waals surface area contributed by atoms with Crippen LogP contribution in [0.3, 0.4) is 0 Å². The van der Waals surface area contributed by atoms with Gasteiger partial charge in [-0.25, -0.2) is 9.36 Å². The molecule has 0 saturated heterocycles. The first-order chi connectivity index (χ1) is 14.8. The minimum absolute atomic E-state index is 0.00922. The highest BCUT2D eigenvalue weighted by atomic mass is 32.1. The number of nitrogens with zero attached hydrogens (tertiary/aromatic N) is 3. The lowest BCUT2D eigenvalue weighted by Gasteiger charge is -2.13. The number of thiophene rings is 1. The van der Waals surface area contributed by atoms with Gasteiger partial charge >= 0.3 is 5.69 Å². The van der Waals surface area contributed by atoms with E-state index in [1.165, 1.54) is 28.0 Å². The number of hydrogen-bond donors (Lipinski definition) is 0. The highest BCUT2D eigenvalue weighted by Crippen LogP contribution is 2.27. The molecule has 0 unspecified atom stereocenters. The number of nitro benzene ring substituents is 1. The summed E-state index contributed by atoms with van der Waals surface area (Å²) in [4.78, 5) is 38.9. The Morgan fingerprint density at radius 3 is 2.16 bits per heavy atom. The molecule has 0 amide bonds. The number of aromatic nitrogens is 2. The predicted octanol–water partition coefficient (Wildman–Crippen LogP) is 4.35. The van der Waals surface area contributed by atoms with Crippen LogP contribution in [0.15, 0.2) is 58.1 Å². The molecule has 0 saturated carbocycles.